The van der Waals surface area contributed by atoms with Crippen molar-refractivity contribution < 1.29 is 0 Å². The molecule has 0 fully saturated rings. The molecule has 0 bridgehead atoms. The van der Waals surface area contributed by atoms with E-state index >= 15 is 0 Å². The number of rotatable bonds is 3. The van der Waals surface area contributed by atoms with Crippen LogP contribution in [0, 0.1) is 5.92 Å². The molecular weight excluding hydrogens is 96.1 g/mol. The van der Waals surface area contributed by atoms with Gasteiger partial charge in [0.1, 0.15) is 0 Å². The zero-order valence-corrected chi connectivity index (χ0v) is 5.72. The molecule has 0 aliphatic carbocycles. The predicted octanol–water partition coefficient (Wildman–Crippen LogP) is 2.77. The van der Waals surface area contributed by atoms with E-state index in [1.165, 1.54) is 0 Å². The first-order valence-electron chi connectivity index (χ1n) is 3.05. The molecule has 0 saturated heterocycles. The second-order valence-electron chi connectivity index (χ2n) is 2.20. The maximum atomic E-state index is 3.61. The van der Waals surface area contributed by atoms with Gasteiger partial charge >= 0.3 is 0 Å². The molecule has 0 nitrogen and oxygen atoms in total. The average molecular weight is 110 g/mol. The van der Waals surface area contributed by atoms with Crippen molar-refractivity contribution in [2.24, 2.45) is 5.92 Å². The van der Waals surface area contributed by atoms with E-state index in [4.69, 9.17) is 0 Å². The van der Waals surface area contributed by atoms with Crippen molar-refractivity contribution in [3.63, 3.8) is 0 Å². The van der Waals surface area contributed by atoms with Crippen LogP contribution in [-0.2, 0) is 0 Å². The quantitative estimate of drug-likeness (QED) is 0.490. The first kappa shape index (κ1) is 7.48. The van der Waals surface area contributed by atoms with Gasteiger partial charge in [0.15, 0.2) is 0 Å². The number of hydrogen-bond donors (Lipinski definition) is 0. The molecule has 0 unspecified atom stereocenters. The molecule has 0 spiro atoms. The Morgan fingerprint density at radius 2 is 2.12 bits per heavy atom. The molecule has 0 aromatic rings. The molecule has 0 aromatic carbocycles. The normalized spacial score (nSPS) is 10.9. The van der Waals surface area contributed by atoms with E-state index in [2.05, 4.69) is 32.6 Å². The zero-order valence-electron chi connectivity index (χ0n) is 5.72. The molecule has 0 aliphatic heterocycles. The second-order valence-corrected chi connectivity index (χ2v) is 2.20. The summed E-state index contributed by atoms with van der Waals surface area (Å²) < 4.78 is 0. The highest BCUT2D eigenvalue weighted by atomic mass is 13.9. The van der Waals surface area contributed by atoms with Crippen molar-refractivity contribution in [1.82, 2.24) is 0 Å². The van der Waals surface area contributed by atoms with Crippen molar-refractivity contribution in [3.8, 4) is 0 Å². The van der Waals surface area contributed by atoms with E-state index < -0.39 is 0 Å². The summed E-state index contributed by atoms with van der Waals surface area (Å²) in [6, 6.07) is 0. The number of allylic oxidation sites excluding steroid dienone is 3. The van der Waals surface area contributed by atoms with Gasteiger partial charge in [0, 0.05) is 0 Å². The van der Waals surface area contributed by atoms with Crippen LogP contribution in [0.2, 0.25) is 0 Å². The summed E-state index contributed by atoms with van der Waals surface area (Å²) in [5.74, 6) is 0.676. The Morgan fingerprint density at radius 3 is 2.50 bits per heavy atom. The first-order valence-corrected chi connectivity index (χ1v) is 3.05. The average Bonchev–Trinajstić information content (AvgIpc) is 1.66. The molecule has 46 valence electrons. The van der Waals surface area contributed by atoms with Gasteiger partial charge in [0.2, 0.25) is 0 Å². The predicted molar refractivity (Wildman–Crippen MR) is 38.8 cm³/mol. The maximum Gasteiger partial charge on any atom is -0.0172 e. The summed E-state index contributed by atoms with van der Waals surface area (Å²) in [7, 11) is 0. The Labute approximate surface area is 51.9 Å². The van der Waals surface area contributed by atoms with Crippen molar-refractivity contribution in [2.45, 2.75) is 20.3 Å². The van der Waals surface area contributed by atoms with E-state index in [9.17, 15) is 0 Å². The van der Waals surface area contributed by atoms with Gasteiger partial charge in [-0.25, -0.2) is 0 Å². The van der Waals surface area contributed by atoms with E-state index in [0.717, 1.165) is 6.42 Å². The summed E-state index contributed by atoms with van der Waals surface area (Å²) in [6.45, 7) is 7.94. The minimum absolute atomic E-state index is 0.676. The molecule has 0 heterocycles. The molecule has 0 aromatic heterocycles. The van der Waals surface area contributed by atoms with Crippen LogP contribution in [0.15, 0.2) is 24.8 Å². The van der Waals surface area contributed by atoms with Crippen LogP contribution < -0.4 is 0 Å². The molecule has 8 heavy (non-hydrogen) atoms. The van der Waals surface area contributed by atoms with Gasteiger partial charge in [-0.2, -0.15) is 0 Å². The topological polar surface area (TPSA) is 0 Å². The second kappa shape index (κ2) is 4.63. The summed E-state index contributed by atoms with van der Waals surface area (Å²) in [6.07, 6.45) is 7.22. The maximum absolute atomic E-state index is 3.61. The number of hydrogen-bond acceptors (Lipinski definition) is 0. The van der Waals surface area contributed by atoms with Crippen molar-refractivity contribution in [3.05, 3.63) is 24.8 Å². The van der Waals surface area contributed by atoms with E-state index in [0.29, 0.717) is 5.92 Å². The molecule has 0 aliphatic rings. The zero-order chi connectivity index (χ0) is 6.41. The van der Waals surface area contributed by atoms with Crippen molar-refractivity contribution >= 4 is 0 Å². The molecule has 0 saturated carbocycles. The third-order valence-corrected chi connectivity index (χ3v) is 0.824. The summed E-state index contributed by atoms with van der Waals surface area (Å²) in [5.41, 5.74) is 0. The van der Waals surface area contributed by atoms with Crippen LogP contribution in [-0.4, -0.2) is 0 Å². The third-order valence-electron chi connectivity index (χ3n) is 0.824. The Kier molecular flexibility index (Phi) is 4.33. The third kappa shape index (κ3) is 5.48. The van der Waals surface area contributed by atoms with E-state index in [1.807, 2.05) is 6.08 Å². The summed E-state index contributed by atoms with van der Waals surface area (Å²) >= 11 is 0. The Hall–Kier alpha value is -0.520. The van der Waals surface area contributed by atoms with Gasteiger partial charge in [0.25, 0.3) is 0 Å². The van der Waals surface area contributed by atoms with Crippen LogP contribution in [0.25, 0.3) is 0 Å². The van der Waals surface area contributed by atoms with Crippen LogP contribution >= 0.6 is 0 Å². The van der Waals surface area contributed by atoms with Crippen LogP contribution in [0.1, 0.15) is 20.3 Å². The highest BCUT2D eigenvalue weighted by Gasteiger charge is 1.79. The monoisotopic (exact) mass is 110 g/mol. The first-order chi connectivity index (χ1) is 3.77. The van der Waals surface area contributed by atoms with Gasteiger partial charge in [-0.05, 0) is 12.3 Å². The fourth-order valence-corrected chi connectivity index (χ4v) is 0.447. The largest absolute Gasteiger partial charge is 0.103 e. The van der Waals surface area contributed by atoms with Gasteiger partial charge in [-0.1, -0.05) is 32.1 Å². The van der Waals surface area contributed by atoms with Crippen molar-refractivity contribution in [2.75, 3.05) is 0 Å². The molecule has 0 radical (unpaired) electrons. The standard InChI is InChI=1S/C8H14/c1-4-5-6-7-8(2)3/h4,6-8H,1,5H2,2-3H3. The summed E-state index contributed by atoms with van der Waals surface area (Å²) in [4.78, 5) is 0. The minimum atomic E-state index is 0.676. The van der Waals surface area contributed by atoms with Crippen molar-refractivity contribution in [1.29, 1.82) is 0 Å². The van der Waals surface area contributed by atoms with Crippen LogP contribution in [0.4, 0.5) is 0 Å². The Morgan fingerprint density at radius 1 is 1.50 bits per heavy atom. The van der Waals surface area contributed by atoms with E-state index in [-0.39, 0.29) is 0 Å². The molecular formula is C8H14. The SMILES string of the molecule is C=CCC=CC(C)C. The lowest BCUT2D eigenvalue weighted by Gasteiger charge is -1.89. The van der Waals surface area contributed by atoms with Gasteiger partial charge in [-0.15, -0.1) is 6.58 Å². The molecule has 0 atom stereocenters. The fraction of sp³-hybridized carbons (Fsp3) is 0.500. The lowest BCUT2D eigenvalue weighted by molar-refractivity contribution is 0.828. The highest BCUT2D eigenvalue weighted by molar-refractivity contribution is 4.89. The minimum Gasteiger partial charge on any atom is -0.103 e. The lowest BCUT2D eigenvalue weighted by Crippen LogP contribution is -1.74. The molecule has 0 heteroatoms. The fourth-order valence-electron chi connectivity index (χ4n) is 0.447. The smallest absolute Gasteiger partial charge is 0.0172 e. The molecule has 0 rings (SSSR count). The Balaban J connectivity index is 3.19. The van der Waals surface area contributed by atoms with Crippen LogP contribution in [0.5, 0.6) is 0 Å². The van der Waals surface area contributed by atoms with E-state index in [1.54, 1.807) is 0 Å². The Bertz CT molecular complexity index is 78.0. The molecule has 0 N–H and O–H groups in total. The van der Waals surface area contributed by atoms with Gasteiger partial charge < -0.3 is 0 Å². The summed E-state index contributed by atoms with van der Waals surface area (Å²) in [5, 5.41) is 0. The van der Waals surface area contributed by atoms with Crippen LogP contribution in [0.3, 0.4) is 0 Å². The van der Waals surface area contributed by atoms with Gasteiger partial charge in [0.05, 0.1) is 0 Å². The lowest BCUT2D eigenvalue weighted by atomic mass is 10.2. The molecule has 0 amide bonds. The van der Waals surface area contributed by atoms with Gasteiger partial charge in [-0.3, -0.25) is 0 Å². The highest BCUT2D eigenvalue weighted by Crippen LogP contribution is 1.94.